The lowest BCUT2D eigenvalue weighted by Gasteiger charge is -2.65. The Kier molecular flexibility index (Phi) is 2.82. The molecule has 4 saturated carbocycles. The van der Waals surface area contributed by atoms with Crippen LogP contribution in [-0.2, 0) is 0 Å². The third-order valence-corrected chi connectivity index (χ3v) is 9.09. The Bertz CT molecular complexity index is 451. The van der Waals surface area contributed by atoms with Gasteiger partial charge in [-0.15, -0.1) is 0 Å². The summed E-state index contributed by atoms with van der Waals surface area (Å²) in [4.78, 5) is 0. The molecule has 0 aromatic carbocycles. The maximum absolute atomic E-state index is 10.8. The van der Waals surface area contributed by atoms with Crippen molar-refractivity contribution < 1.29 is 5.11 Å². The Morgan fingerprint density at radius 2 is 1.62 bits per heavy atom. The minimum Gasteiger partial charge on any atom is -0.390 e. The lowest BCUT2D eigenvalue weighted by Crippen LogP contribution is -2.58. The number of fused-ring (bicyclic) bond motifs is 2. The van der Waals surface area contributed by atoms with Gasteiger partial charge in [-0.25, -0.2) is 0 Å². The standard InChI is InChI=1S/C20H34O/c1-17(2)8-5-9-18(3)16(17)7-6-14-12-15-13-20(14,18)11-10-19(15,4)21/h14-16,21H,5-13H2,1-4H3/t14-,15+,16-,18-,19+,20-/m0/s1. The average Bonchev–Trinajstić information content (AvgIpc) is 2.72. The number of aliphatic hydroxyl groups is 1. The van der Waals surface area contributed by atoms with Crippen LogP contribution in [0, 0.1) is 34.0 Å². The zero-order valence-electron chi connectivity index (χ0n) is 14.5. The molecule has 1 N–H and O–H groups in total. The Hall–Kier alpha value is -0.0400. The largest absolute Gasteiger partial charge is 0.390 e. The van der Waals surface area contributed by atoms with Gasteiger partial charge in [-0.05, 0) is 92.3 Å². The minimum absolute atomic E-state index is 0.376. The highest BCUT2D eigenvalue weighted by atomic mass is 16.3. The first kappa shape index (κ1) is 14.5. The van der Waals surface area contributed by atoms with E-state index in [0.29, 0.717) is 22.2 Å². The van der Waals surface area contributed by atoms with Crippen LogP contribution >= 0.6 is 0 Å². The quantitative estimate of drug-likeness (QED) is 0.652. The number of hydrogen-bond acceptors (Lipinski definition) is 1. The van der Waals surface area contributed by atoms with Gasteiger partial charge >= 0.3 is 0 Å². The van der Waals surface area contributed by atoms with Gasteiger partial charge in [-0.2, -0.15) is 0 Å². The van der Waals surface area contributed by atoms with Gasteiger partial charge in [-0.1, -0.05) is 27.2 Å². The van der Waals surface area contributed by atoms with Crippen LogP contribution in [-0.4, -0.2) is 10.7 Å². The van der Waals surface area contributed by atoms with Crippen LogP contribution < -0.4 is 0 Å². The summed E-state index contributed by atoms with van der Waals surface area (Å²) in [7, 11) is 0. The molecular weight excluding hydrogens is 256 g/mol. The van der Waals surface area contributed by atoms with Gasteiger partial charge in [0.15, 0.2) is 0 Å². The molecular formula is C20H34O. The fourth-order valence-electron chi connectivity index (χ4n) is 7.89. The van der Waals surface area contributed by atoms with E-state index in [4.69, 9.17) is 0 Å². The Balaban J connectivity index is 1.77. The van der Waals surface area contributed by atoms with Gasteiger partial charge < -0.3 is 5.11 Å². The zero-order chi connectivity index (χ0) is 15.1. The van der Waals surface area contributed by atoms with Crippen LogP contribution in [0.1, 0.15) is 85.5 Å². The van der Waals surface area contributed by atoms with Gasteiger partial charge in [0.25, 0.3) is 0 Å². The maximum atomic E-state index is 10.8. The first-order chi connectivity index (χ1) is 9.71. The third-order valence-electron chi connectivity index (χ3n) is 9.09. The molecule has 1 heteroatoms. The topological polar surface area (TPSA) is 20.2 Å². The third kappa shape index (κ3) is 1.68. The molecule has 21 heavy (non-hydrogen) atoms. The van der Waals surface area contributed by atoms with Crippen LogP contribution in [0.25, 0.3) is 0 Å². The molecule has 4 fully saturated rings. The molecule has 0 aliphatic heterocycles. The summed E-state index contributed by atoms with van der Waals surface area (Å²) in [6, 6.07) is 0. The summed E-state index contributed by atoms with van der Waals surface area (Å²) < 4.78 is 0. The van der Waals surface area contributed by atoms with E-state index in [1.165, 1.54) is 51.4 Å². The van der Waals surface area contributed by atoms with Gasteiger partial charge in [0.05, 0.1) is 5.60 Å². The normalized spacial score (nSPS) is 58.4. The van der Waals surface area contributed by atoms with Crippen molar-refractivity contribution in [2.24, 2.45) is 34.0 Å². The van der Waals surface area contributed by atoms with Crippen LogP contribution in [0.2, 0.25) is 0 Å². The summed E-state index contributed by atoms with van der Waals surface area (Å²) in [6.45, 7) is 9.86. The van der Waals surface area contributed by atoms with Crippen molar-refractivity contribution in [3.05, 3.63) is 0 Å². The summed E-state index contributed by atoms with van der Waals surface area (Å²) in [5, 5.41) is 10.8. The second kappa shape index (κ2) is 4.08. The Labute approximate surface area is 130 Å². The van der Waals surface area contributed by atoms with E-state index >= 15 is 0 Å². The van der Waals surface area contributed by atoms with Crippen molar-refractivity contribution in [2.45, 2.75) is 91.1 Å². The molecule has 0 aromatic rings. The van der Waals surface area contributed by atoms with E-state index in [2.05, 4.69) is 27.7 Å². The molecule has 0 amide bonds. The molecule has 120 valence electrons. The van der Waals surface area contributed by atoms with E-state index in [9.17, 15) is 5.11 Å². The zero-order valence-corrected chi connectivity index (χ0v) is 14.5. The fraction of sp³-hybridized carbons (Fsp3) is 1.00. The highest BCUT2D eigenvalue weighted by Crippen LogP contribution is 2.75. The molecule has 0 heterocycles. The van der Waals surface area contributed by atoms with Gasteiger partial charge in [0.2, 0.25) is 0 Å². The molecule has 1 spiro atoms. The number of rotatable bonds is 0. The van der Waals surface area contributed by atoms with E-state index in [-0.39, 0.29) is 5.60 Å². The summed E-state index contributed by atoms with van der Waals surface area (Å²) in [5.41, 5.74) is 1.27. The fourth-order valence-corrected chi connectivity index (χ4v) is 7.89. The maximum Gasteiger partial charge on any atom is 0.0648 e. The molecule has 4 rings (SSSR count). The Morgan fingerprint density at radius 1 is 0.857 bits per heavy atom. The molecule has 2 bridgehead atoms. The van der Waals surface area contributed by atoms with Crippen LogP contribution in [0.15, 0.2) is 0 Å². The average molecular weight is 290 g/mol. The molecule has 1 nitrogen and oxygen atoms in total. The second-order valence-electron chi connectivity index (χ2n) is 10.2. The van der Waals surface area contributed by atoms with E-state index in [1.807, 2.05) is 0 Å². The van der Waals surface area contributed by atoms with Gasteiger partial charge in [0.1, 0.15) is 0 Å². The van der Waals surface area contributed by atoms with E-state index < -0.39 is 0 Å². The summed E-state index contributed by atoms with van der Waals surface area (Å²) >= 11 is 0. The van der Waals surface area contributed by atoms with Crippen molar-refractivity contribution >= 4 is 0 Å². The first-order valence-corrected chi connectivity index (χ1v) is 9.44. The first-order valence-electron chi connectivity index (χ1n) is 9.44. The lowest BCUT2D eigenvalue weighted by atomic mass is 9.40. The van der Waals surface area contributed by atoms with Gasteiger partial charge in [-0.3, -0.25) is 0 Å². The smallest absolute Gasteiger partial charge is 0.0648 e. The summed E-state index contributed by atoms with van der Waals surface area (Å²) in [6.07, 6.45) is 12.2. The lowest BCUT2D eigenvalue weighted by molar-refractivity contribution is -0.171. The highest BCUT2D eigenvalue weighted by Gasteiger charge is 2.68. The van der Waals surface area contributed by atoms with E-state index in [1.54, 1.807) is 0 Å². The molecule has 4 aliphatic carbocycles. The van der Waals surface area contributed by atoms with Gasteiger partial charge in [0, 0.05) is 0 Å². The number of hydrogen-bond donors (Lipinski definition) is 1. The molecule has 0 radical (unpaired) electrons. The predicted octanol–water partition coefficient (Wildman–Crippen LogP) is 5.17. The van der Waals surface area contributed by atoms with Crippen LogP contribution in [0.4, 0.5) is 0 Å². The Morgan fingerprint density at radius 3 is 2.38 bits per heavy atom. The van der Waals surface area contributed by atoms with Crippen LogP contribution in [0.5, 0.6) is 0 Å². The second-order valence-corrected chi connectivity index (χ2v) is 10.2. The minimum atomic E-state index is -0.376. The van der Waals surface area contributed by atoms with E-state index in [0.717, 1.165) is 18.3 Å². The molecule has 6 atom stereocenters. The monoisotopic (exact) mass is 290 g/mol. The molecule has 0 unspecified atom stereocenters. The molecule has 4 aliphatic rings. The highest BCUT2D eigenvalue weighted by molar-refractivity contribution is 5.17. The molecule has 0 saturated heterocycles. The van der Waals surface area contributed by atoms with Crippen molar-refractivity contribution in [3.8, 4) is 0 Å². The van der Waals surface area contributed by atoms with Crippen LogP contribution in [0.3, 0.4) is 0 Å². The molecule has 0 aromatic heterocycles. The van der Waals surface area contributed by atoms with Crippen molar-refractivity contribution in [1.29, 1.82) is 0 Å². The van der Waals surface area contributed by atoms with Crippen molar-refractivity contribution in [1.82, 2.24) is 0 Å². The summed E-state index contributed by atoms with van der Waals surface area (Å²) in [5.74, 6) is 2.40. The SMILES string of the molecule is CC1(C)CCC[C@@]2(C)[C@H]1CC[C@H]1C[C@@H]3C[C@@]12CC[C@@]3(C)O. The predicted molar refractivity (Wildman–Crippen MR) is 87.0 cm³/mol. The van der Waals surface area contributed by atoms with Crippen molar-refractivity contribution in [2.75, 3.05) is 0 Å². The van der Waals surface area contributed by atoms with Crippen molar-refractivity contribution in [3.63, 3.8) is 0 Å².